The molecule has 2 rings (SSSR count). The number of para-hydroxylation sites is 1. The molecular formula is C11H7BrN2O. The van der Waals surface area contributed by atoms with Crippen LogP contribution < -0.4 is 4.74 Å². The number of nitriles is 1. The van der Waals surface area contributed by atoms with E-state index in [9.17, 15) is 0 Å². The second kappa shape index (κ2) is 4.28. The van der Waals surface area contributed by atoms with Gasteiger partial charge in [-0.3, -0.25) is 4.98 Å². The first kappa shape index (κ1) is 9.94. The highest BCUT2D eigenvalue weighted by Crippen LogP contribution is 2.28. The molecule has 0 N–H and O–H groups in total. The van der Waals surface area contributed by atoms with E-state index >= 15 is 0 Å². The Morgan fingerprint density at radius 1 is 1.40 bits per heavy atom. The van der Waals surface area contributed by atoms with Crippen LogP contribution in [0.2, 0.25) is 0 Å². The van der Waals surface area contributed by atoms with Crippen LogP contribution in [0.1, 0.15) is 0 Å². The van der Waals surface area contributed by atoms with Crippen LogP contribution in [0.4, 0.5) is 0 Å². The van der Waals surface area contributed by atoms with Gasteiger partial charge in [0.2, 0.25) is 0 Å². The topological polar surface area (TPSA) is 45.9 Å². The van der Waals surface area contributed by atoms with Crippen molar-refractivity contribution in [3.63, 3.8) is 0 Å². The summed E-state index contributed by atoms with van der Waals surface area (Å²) in [7, 11) is 0. The number of ether oxygens (including phenoxy) is 1. The minimum Gasteiger partial charge on any atom is -0.476 e. The maximum absolute atomic E-state index is 8.45. The Morgan fingerprint density at radius 2 is 2.27 bits per heavy atom. The summed E-state index contributed by atoms with van der Waals surface area (Å²) in [5.74, 6) is 0.635. The van der Waals surface area contributed by atoms with E-state index in [2.05, 4.69) is 20.9 Å². The lowest BCUT2D eigenvalue weighted by molar-refractivity contribution is 0.372. The second-order valence-electron chi connectivity index (χ2n) is 2.89. The highest BCUT2D eigenvalue weighted by Gasteiger charge is 2.04. The van der Waals surface area contributed by atoms with Crippen LogP contribution in [0.3, 0.4) is 0 Å². The van der Waals surface area contributed by atoms with E-state index in [1.165, 1.54) is 0 Å². The maximum Gasteiger partial charge on any atom is 0.174 e. The highest BCUT2D eigenvalue weighted by atomic mass is 79.9. The van der Waals surface area contributed by atoms with Gasteiger partial charge in [0.25, 0.3) is 0 Å². The molecule has 1 aromatic carbocycles. The molecule has 0 atom stereocenters. The molecule has 0 aliphatic rings. The smallest absolute Gasteiger partial charge is 0.174 e. The number of hydrogen-bond acceptors (Lipinski definition) is 3. The zero-order chi connectivity index (χ0) is 10.7. The van der Waals surface area contributed by atoms with E-state index in [-0.39, 0.29) is 6.61 Å². The van der Waals surface area contributed by atoms with E-state index in [0.29, 0.717) is 5.75 Å². The van der Waals surface area contributed by atoms with E-state index in [4.69, 9.17) is 10.00 Å². The largest absolute Gasteiger partial charge is 0.476 e. The molecule has 0 unspecified atom stereocenters. The zero-order valence-corrected chi connectivity index (χ0v) is 9.36. The summed E-state index contributed by atoms with van der Waals surface area (Å²) in [5.41, 5.74) is 0.766. The molecule has 0 radical (unpaired) electrons. The first-order valence-corrected chi connectivity index (χ1v) is 5.15. The molecular weight excluding hydrogens is 256 g/mol. The molecule has 0 saturated carbocycles. The summed E-state index contributed by atoms with van der Waals surface area (Å²) in [4.78, 5) is 4.23. The molecule has 0 saturated heterocycles. The quantitative estimate of drug-likeness (QED) is 0.836. The van der Waals surface area contributed by atoms with Crippen molar-refractivity contribution in [2.45, 2.75) is 0 Å². The van der Waals surface area contributed by atoms with E-state index in [0.717, 1.165) is 15.4 Å². The van der Waals surface area contributed by atoms with Gasteiger partial charge in [-0.25, -0.2) is 0 Å². The van der Waals surface area contributed by atoms with Crippen molar-refractivity contribution in [1.82, 2.24) is 4.98 Å². The molecule has 74 valence electrons. The lowest BCUT2D eigenvalue weighted by atomic mass is 10.2. The summed E-state index contributed by atoms with van der Waals surface area (Å²) < 4.78 is 6.25. The molecule has 0 fully saturated rings. The highest BCUT2D eigenvalue weighted by molar-refractivity contribution is 9.10. The molecule has 1 aromatic heterocycles. The van der Waals surface area contributed by atoms with Crippen LogP contribution in [0.15, 0.2) is 34.9 Å². The fraction of sp³-hybridized carbons (Fsp3) is 0.0909. The van der Waals surface area contributed by atoms with E-state index in [1.807, 2.05) is 24.3 Å². The van der Waals surface area contributed by atoms with Crippen molar-refractivity contribution in [2.75, 3.05) is 6.61 Å². The number of benzene rings is 1. The first-order chi connectivity index (χ1) is 7.33. The van der Waals surface area contributed by atoms with Crippen molar-refractivity contribution in [3.8, 4) is 11.8 Å². The average molecular weight is 263 g/mol. The van der Waals surface area contributed by atoms with Crippen molar-refractivity contribution < 1.29 is 4.74 Å². The van der Waals surface area contributed by atoms with Crippen LogP contribution in [0, 0.1) is 11.3 Å². The molecule has 0 aliphatic carbocycles. The Bertz CT molecular complexity index is 534. The van der Waals surface area contributed by atoms with E-state index in [1.54, 1.807) is 12.3 Å². The Labute approximate surface area is 95.4 Å². The van der Waals surface area contributed by atoms with Crippen LogP contribution in [-0.2, 0) is 0 Å². The first-order valence-electron chi connectivity index (χ1n) is 4.36. The molecule has 0 amide bonds. The minimum atomic E-state index is 0.0350. The van der Waals surface area contributed by atoms with Crippen molar-refractivity contribution in [3.05, 3.63) is 34.9 Å². The summed E-state index contributed by atoms with van der Waals surface area (Å²) >= 11 is 3.44. The SMILES string of the molecule is N#CCOc1cccc2c(Br)ccnc12. The number of halogens is 1. The van der Waals surface area contributed by atoms with Gasteiger partial charge in [-0.1, -0.05) is 28.1 Å². The molecule has 0 spiro atoms. The predicted molar refractivity (Wildman–Crippen MR) is 60.6 cm³/mol. The van der Waals surface area contributed by atoms with Gasteiger partial charge in [0.1, 0.15) is 17.3 Å². The summed E-state index contributed by atoms with van der Waals surface area (Å²) in [6, 6.07) is 9.44. The van der Waals surface area contributed by atoms with Crippen LogP contribution in [0.5, 0.6) is 5.75 Å². The standard InChI is InChI=1S/C11H7BrN2O/c12-9-4-6-14-11-8(9)2-1-3-10(11)15-7-5-13/h1-4,6H,7H2. The number of nitrogens with zero attached hydrogens (tertiary/aromatic N) is 2. The third-order valence-electron chi connectivity index (χ3n) is 1.97. The fourth-order valence-corrected chi connectivity index (χ4v) is 1.78. The molecule has 2 aromatic rings. The molecule has 15 heavy (non-hydrogen) atoms. The summed E-state index contributed by atoms with van der Waals surface area (Å²) in [6.07, 6.45) is 1.70. The van der Waals surface area contributed by atoms with Gasteiger partial charge in [-0.15, -0.1) is 0 Å². The lowest BCUT2D eigenvalue weighted by Crippen LogP contribution is -1.95. The lowest BCUT2D eigenvalue weighted by Gasteiger charge is -2.05. The number of pyridine rings is 1. The van der Waals surface area contributed by atoms with Gasteiger partial charge in [-0.05, 0) is 12.1 Å². The van der Waals surface area contributed by atoms with Gasteiger partial charge < -0.3 is 4.74 Å². The number of aromatic nitrogens is 1. The van der Waals surface area contributed by atoms with Gasteiger partial charge in [-0.2, -0.15) is 5.26 Å². The molecule has 3 nitrogen and oxygen atoms in total. The predicted octanol–water partition coefficient (Wildman–Crippen LogP) is 2.90. The Balaban J connectivity index is 2.57. The average Bonchev–Trinajstić information content (AvgIpc) is 2.27. The fourth-order valence-electron chi connectivity index (χ4n) is 1.34. The van der Waals surface area contributed by atoms with Crippen molar-refractivity contribution in [2.24, 2.45) is 0 Å². The molecule has 0 bridgehead atoms. The monoisotopic (exact) mass is 262 g/mol. The van der Waals surface area contributed by atoms with Gasteiger partial charge in [0.05, 0.1) is 0 Å². The molecule has 1 heterocycles. The Morgan fingerprint density at radius 3 is 3.07 bits per heavy atom. The third kappa shape index (κ3) is 1.92. The van der Waals surface area contributed by atoms with Crippen molar-refractivity contribution >= 4 is 26.8 Å². The minimum absolute atomic E-state index is 0.0350. The number of rotatable bonds is 2. The number of fused-ring (bicyclic) bond motifs is 1. The third-order valence-corrected chi connectivity index (χ3v) is 2.66. The second-order valence-corrected chi connectivity index (χ2v) is 3.75. The van der Waals surface area contributed by atoms with Crippen LogP contribution in [-0.4, -0.2) is 11.6 Å². The van der Waals surface area contributed by atoms with Gasteiger partial charge in [0.15, 0.2) is 6.61 Å². The Hall–Kier alpha value is -1.60. The Kier molecular flexibility index (Phi) is 2.84. The van der Waals surface area contributed by atoms with Crippen molar-refractivity contribution in [1.29, 1.82) is 5.26 Å². The van der Waals surface area contributed by atoms with Gasteiger partial charge >= 0.3 is 0 Å². The van der Waals surface area contributed by atoms with Crippen LogP contribution >= 0.6 is 15.9 Å². The number of hydrogen-bond donors (Lipinski definition) is 0. The maximum atomic E-state index is 8.45. The molecule has 4 heteroatoms. The summed E-state index contributed by atoms with van der Waals surface area (Å²) in [6.45, 7) is 0.0350. The zero-order valence-electron chi connectivity index (χ0n) is 7.77. The van der Waals surface area contributed by atoms with E-state index < -0.39 is 0 Å². The van der Waals surface area contributed by atoms with Gasteiger partial charge in [0, 0.05) is 16.1 Å². The summed E-state index contributed by atoms with van der Waals surface area (Å²) in [5, 5.41) is 9.43. The normalized spacial score (nSPS) is 9.87. The molecule has 0 aliphatic heterocycles. The van der Waals surface area contributed by atoms with Crippen LogP contribution in [0.25, 0.3) is 10.9 Å².